The number of carbonyl (C=O) groups is 4. The molecule has 0 spiro atoms. The largest absolute Gasteiger partial charge is 0.393 e. The second-order valence-electron chi connectivity index (χ2n) is 13.3. The summed E-state index contributed by atoms with van der Waals surface area (Å²) in [6, 6.07) is 0. The second-order valence-corrected chi connectivity index (χ2v) is 13.3. The van der Waals surface area contributed by atoms with Gasteiger partial charge in [0, 0.05) is 11.8 Å². The lowest BCUT2D eigenvalue weighted by molar-refractivity contribution is -0.155. The third-order valence-corrected chi connectivity index (χ3v) is 12.7. The lowest BCUT2D eigenvalue weighted by Gasteiger charge is -2.37. The molecule has 0 aromatic carbocycles. The van der Waals surface area contributed by atoms with Crippen molar-refractivity contribution in [2.75, 3.05) is 0 Å². The first-order valence-corrected chi connectivity index (χ1v) is 13.7. The summed E-state index contributed by atoms with van der Waals surface area (Å²) in [6.07, 6.45) is 14.6. The van der Waals surface area contributed by atoms with E-state index in [2.05, 4.69) is 24.3 Å². The molecule has 176 valence electrons. The lowest BCUT2D eigenvalue weighted by Crippen LogP contribution is -2.38. The molecule has 8 fully saturated rings. The Labute approximate surface area is 198 Å². The molecule has 0 aromatic heterocycles. The first-order chi connectivity index (χ1) is 16.5. The first kappa shape index (κ1) is 19.2. The first-order valence-electron chi connectivity index (χ1n) is 13.7. The standard InChI is InChI=1S/C15H16O2.C14H14O3/c16-10-5-11(17)15-9-4-8(14(10)15)12-6-1-2-7(3-6)13(9)12;15-13-11-7-4-8(12(11)14(16)17-13)10-6-2-1-5(3-6)9(7)10/h1-2,6-9,12-15H,3-5H2;1-2,5-12H,3-4H2. The Bertz CT molecular complexity index is 965. The van der Waals surface area contributed by atoms with Gasteiger partial charge >= 0.3 is 11.9 Å². The van der Waals surface area contributed by atoms with Crippen LogP contribution in [0.15, 0.2) is 24.3 Å². The molecule has 1 heterocycles. The smallest absolute Gasteiger partial charge is 0.317 e. The van der Waals surface area contributed by atoms with Crippen LogP contribution in [0.3, 0.4) is 0 Å². The summed E-state index contributed by atoms with van der Waals surface area (Å²) >= 11 is 0. The number of ketones is 2. The van der Waals surface area contributed by atoms with Crippen LogP contribution in [0.25, 0.3) is 0 Å². The van der Waals surface area contributed by atoms with Crippen molar-refractivity contribution in [3.05, 3.63) is 24.3 Å². The molecular weight excluding hydrogens is 428 g/mol. The van der Waals surface area contributed by atoms with Gasteiger partial charge in [0.1, 0.15) is 11.6 Å². The lowest BCUT2D eigenvalue weighted by atomic mass is 9.65. The Morgan fingerprint density at radius 2 is 0.853 bits per heavy atom. The van der Waals surface area contributed by atoms with E-state index in [0.717, 1.165) is 30.1 Å². The van der Waals surface area contributed by atoms with Crippen molar-refractivity contribution in [2.45, 2.75) is 32.1 Å². The summed E-state index contributed by atoms with van der Waals surface area (Å²) in [5.74, 6) is 7.94. The van der Waals surface area contributed by atoms with Gasteiger partial charge in [0.25, 0.3) is 0 Å². The van der Waals surface area contributed by atoms with Gasteiger partial charge in [0.15, 0.2) is 0 Å². The van der Waals surface area contributed by atoms with Crippen molar-refractivity contribution in [1.29, 1.82) is 0 Å². The Kier molecular flexibility index (Phi) is 3.40. The molecular formula is C29H30O5. The van der Waals surface area contributed by atoms with Crippen molar-refractivity contribution in [2.24, 2.45) is 94.7 Å². The number of hydrogen-bond acceptors (Lipinski definition) is 5. The Morgan fingerprint density at radius 3 is 1.24 bits per heavy atom. The van der Waals surface area contributed by atoms with Gasteiger partial charge in [0.05, 0.1) is 18.3 Å². The molecule has 0 N–H and O–H groups in total. The molecule has 0 amide bonds. The van der Waals surface area contributed by atoms with Crippen molar-refractivity contribution in [3.63, 3.8) is 0 Å². The van der Waals surface area contributed by atoms with Crippen LogP contribution in [0, 0.1) is 94.7 Å². The van der Waals surface area contributed by atoms with E-state index in [-0.39, 0.29) is 53.6 Å². The molecule has 5 heteroatoms. The highest BCUT2D eigenvalue weighted by Crippen LogP contribution is 2.71. The number of hydrogen-bond donors (Lipinski definition) is 0. The zero-order chi connectivity index (χ0) is 22.6. The number of esters is 2. The van der Waals surface area contributed by atoms with E-state index in [0.29, 0.717) is 47.3 Å². The van der Waals surface area contributed by atoms with Crippen LogP contribution < -0.4 is 0 Å². The molecule has 1 saturated heterocycles. The normalized spacial score (nSPS) is 61.2. The molecule has 0 aromatic rings. The summed E-state index contributed by atoms with van der Waals surface area (Å²) in [4.78, 5) is 47.6. The molecule has 10 rings (SSSR count). The number of allylic oxidation sites excluding steroid dienone is 4. The SMILES string of the molecule is O=C1CC(=O)C2C3CC(C12)C1C2C=CC(C2)C31.O=C1OC(=O)C2C3CC(C12)C1C2C=CC(C2)C31. The van der Waals surface area contributed by atoms with Crippen LogP contribution in [0.2, 0.25) is 0 Å². The molecule has 0 radical (unpaired) electrons. The number of cyclic esters (lactones) is 2. The van der Waals surface area contributed by atoms with E-state index in [1.165, 1.54) is 19.3 Å². The van der Waals surface area contributed by atoms with Gasteiger partial charge < -0.3 is 4.74 Å². The molecule has 16 unspecified atom stereocenters. The number of ether oxygens (including phenoxy) is 1. The fourth-order valence-corrected chi connectivity index (χ4v) is 12.2. The summed E-state index contributed by atoms with van der Waals surface area (Å²) in [6.45, 7) is 0. The quantitative estimate of drug-likeness (QED) is 0.241. The van der Waals surface area contributed by atoms with Gasteiger partial charge in [-0.25, -0.2) is 0 Å². The van der Waals surface area contributed by atoms with Crippen LogP contribution in [0.4, 0.5) is 0 Å². The fraction of sp³-hybridized carbons (Fsp3) is 0.724. The highest BCUT2D eigenvalue weighted by Gasteiger charge is 2.71. The van der Waals surface area contributed by atoms with E-state index < -0.39 is 0 Å². The van der Waals surface area contributed by atoms with Crippen LogP contribution >= 0.6 is 0 Å². The zero-order valence-corrected chi connectivity index (χ0v) is 19.1. The summed E-state index contributed by atoms with van der Waals surface area (Å²) in [5, 5.41) is 0. The summed E-state index contributed by atoms with van der Waals surface area (Å²) in [7, 11) is 0. The van der Waals surface area contributed by atoms with Gasteiger partial charge in [-0.2, -0.15) is 0 Å². The molecule has 9 aliphatic carbocycles. The summed E-state index contributed by atoms with van der Waals surface area (Å²) < 4.78 is 4.87. The van der Waals surface area contributed by atoms with E-state index in [4.69, 9.17) is 4.74 Å². The van der Waals surface area contributed by atoms with Crippen LogP contribution in [-0.2, 0) is 23.9 Å². The van der Waals surface area contributed by atoms with Crippen LogP contribution in [0.5, 0.6) is 0 Å². The van der Waals surface area contributed by atoms with Crippen molar-refractivity contribution in [1.82, 2.24) is 0 Å². The maximum Gasteiger partial charge on any atom is 0.317 e. The molecule has 1 aliphatic heterocycles. The number of Topliss-reactive ketones (excluding diaryl/α,β-unsaturated/α-hetero) is 2. The Hall–Kier alpha value is -2.04. The van der Waals surface area contributed by atoms with Gasteiger partial charge in [-0.15, -0.1) is 0 Å². The predicted octanol–water partition coefficient (Wildman–Crippen LogP) is 3.24. The number of rotatable bonds is 0. The molecule has 7 saturated carbocycles. The molecule has 5 nitrogen and oxygen atoms in total. The van der Waals surface area contributed by atoms with Crippen LogP contribution in [-0.4, -0.2) is 23.5 Å². The third kappa shape index (κ3) is 2.00. The average Bonchev–Trinajstić information content (AvgIpc) is 3.64. The van der Waals surface area contributed by atoms with E-state index in [1.807, 2.05) is 0 Å². The predicted molar refractivity (Wildman–Crippen MR) is 118 cm³/mol. The minimum absolute atomic E-state index is 0.0819. The van der Waals surface area contributed by atoms with Crippen molar-refractivity contribution >= 4 is 23.5 Å². The maximum atomic E-state index is 12.0. The highest BCUT2D eigenvalue weighted by molar-refractivity contribution is 6.09. The zero-order valence-electron chi connectivity index (χ0n) is 19.1. The van der Waals surface area contributed by atoms with Gasteiger partial charge in [0.2, 0.25) is 0 Å². The fourth-order valence-electron chi connectivity index (χ4n) is 12.2. The average molecular weight is 459 g/mol. The van der Waals surface area contributed by atoms with Crippen LogP contribution in [0.1, 0.15) is 32.1 Å². The third-order valence-electron chi connectivity index (χ3n) is 12.7. The second kappa shape index (κ2) is 6.02. The van der Waals surface area contributed by atoms with E-state index >= 15 is 0 Å². The minimum Gasteiger partial charge on any atom is -0.393 e. The maximum absolute atomic E-state index is 12.0. The molecule has 16 atom stereocenters. The highest BCUT2D eigenvalue weighted by atomic mass is 16.6. The summed E-state index contributed by atoms with van der Waals surface area (Å²) in [5.41, 5.74) is 0. The van der Waals surface area contributed by atoms with Gasteiger partial charge in [-0.05, 0) is 96.7 Å². The van der Waals surface area contributed by atoms with Crippen molar-refractivity contribution in [3.8, 4) is 0 Å². The van der Waals surface area contributed by atoms with E-state index in [1.54, 1.807) is 0 Å². The van der Waals surface area contributed by atoms with E-state index in [9.17, 15) is 19.2 Å². The topological polar surface area (TPSA) is 77.5 Å². The monoisotopic (exact) mass is 458 g/mol. The molecule has 8 bridgehead atoms. The Balaban J connectivity index is 0.000000104. The Morgan fingerprint density at radius 1 is 0.500 bits per heavy atom. The molecule has 34 heavy (non-hydrogen) atoms. The van der Waals surface area contributed by atoms with Gasteiger partial charge in [-0.3, -0.25) is 19.2 Å². The minimum atomic E-state index is -0.224. The number of carbonyl (C=O) groups excluding carboxylic acids is 4. The van der Waals surface area contributed by atoms with Gasteiger partial charge in [-0.1, -0.05) is 24.3 Å². The van der Waals surface area contributed by atoms with Crippen molar-refractivity contribution < 1.29 is 23.9 Å². The number of fused-ring (bicyclic) bond motifs is 24. The molecule has 10 aliphatic rings.